The molecule has 1 aromatic rings. The molecule has 0 saturated heterocycles. The van der Waals surface area contributed by atoms with Crippen LogP contribution in [0.3, 0.4) is 0 Å². The van der Waals surface area contributed by atoms with E-state index in [4.69, 9.17) is 5.11 Å². The molecular formula is C10H11BrO2S. The Labute approximate surface area is 95.1 Å². The number of halogens is 1. The van der Waals surface area contributed by atoms with Crippen LogP contribution in [-0.2, 0) is 4.79 Å². The second-order valence-corrected chi connectivity index (χ2v) is 6.14. The lowest BCUT2D eigenvalue weighted by Gasteiger charge is -1.97. The quantitative estimate of drug-likeness (QED) is 0.898. The Hall–Kier alpha value is -0.350. The number of hydrogen-bond acceptors (Lipinski definition) is 2. The molecule has 1 fully saturated rings. The lowest BCUT2D eigenvalue weighted by Crippen LogP contribution is -2.02. The number of hydrogen-bond donors (Lipinski definition) is 1. The Morgan fingerprint density at radius 2 is 2.29 bits per heavy atom. The second-order valence-electron chi connectivity index (χ2n) is 4.28. The molecule has 2 nitrogen and oxygen atoms in total. The van der Waals surface area contributed by atoms with Gasteiger partial charge in [0, 0.05) is 20.6 Å². The smallest absolute Gasteiger partial charge is 0.307 e. The van der Waals surface area contributed by atoms with E-state index >= 15 is 0 Å². The summed E-state index contributed by atoms with van der Waals surface area (Å²) < 4.78 is 1.05. The fourth-order valence-corrected chi connectivity index (χ4v) is 3.90. The average Bonchev–Trinajstić information content (AvgIpc) is 2.42. The summed E-state index contributed by atoms with van der Waals surface area (Å²) >= 11 is 5.02. The monoisotopic (exact) mass is 274 g/mol. The van der Waals surface area contributed by atoms with Crippen molar-refractivity contribution in [3.63, 3.8) is 0 Å². The van der Waals surface area contributed by atoms with E-state index in [1.807, 2.05) is 25.3 Å². The number of aliphatic carboxylic acids is 1. The summed E-state index contributed by atoms with van der Waals surface area (Å²) in [6, 6.07) is 2.03. The van der Waals surface area contributed by atoms with Crippen molar-refractivity contribution < 1.29 is 9.90 Å². The molecule has 14 heavy (non-hydrogen) atoms. The van der Waals surface area contributed by atoms with Gasteiger partial charge in [0.2, 0.25) is 0 Å². The first-order valence-electron chi connectivity index (χ1n) is 4.41. The Balaban J connectivity index is 2.27. The maximum Gasteiger partial charge on any atom is 0.307 e. The Bertz CT molecular complexity index is 383. The van der Waals surface area contributed by atoms with Crippen LogP contribution in [0.2, 0.25) is 0 Å². The second kappa shape index (κ2) is 3.07. The van der Waals surface area contributed by atoms with Crippen molar-refractivity contribution in [3.05, 3.63) is 20.8 Å². The van der Waals surface area contributed by atoms with Crippen LogP contribution in [0.1, 0.15) is 24.6 Å². The van der Waals surface area contributed by atoms with Gasteiger partial charge in [-0.1, -0.05) is 13.8 Å². The minimum absolute atomic E-state index is 0.0872. The normalized spacial score (nSPS) is 28.8. The molecule has 0 aromatic carbocycles. The summed E-state index contributed by atoms with van der Waals surface area (Å²) in [5.41, 5.74) is -0.0872. The minimum Gasteiger partial charge on any atom is -0.481 e. The number of thiophene rings is 1. The molecule has 2 atom stereocenters. The number of rotatable bonds is 2. The summed E-state index contributed by atoms with van der Waals surface area (Å²) in [5.74, 6) is -0.700. The molecule has 1 aromatic heterocycles. The summed E-state index contributed by atoms with van der Waals surface area (Å²) in [6.07, 6.45) is 0. The van der Waals surface area contributed by atoms with Gasteiger partial charge in [0.25, 0.3) is 0 Å². The third kappa shape index (κ3) is 1.41. The molecule has 0 aliphatic heterocycles. The molecule has 1 heterocycles. The van der Waals surface area contributed by atoms with Crippen molar-refractivity contribution >= 4 is 33.2 Å². The Morgan fingerprint density at radius 3 is 2.64 bits per heavy atom. The van der Waals surface area contributed by atoms with Crippen molar-refractivity contribution in [1.82, 2.24) is 0 Å². The molecule has 1 aliphatic rings. The van der Waals surface area contributed by atoms with Crippen molar-refractivity contribution in [2.45, 2.75) is 19.8 Å². The topological polar surface area (TPSA) is 37.3 Å². The molecule has 0 amide bonds. The average molecular weight is 275 g/mol. The number of carbonyl (C=O) groups is 1. The predicted molar refractivity (Wildman–Crippen MR) is 59.7 cm³/mol. The van der Waals surface area contributed by atoms with Gasteiger partial charge in [-0.25, -0.2) is 0 Å². The van der Waals surface area contributed by atoms with Gasteiger partial charge in [-0.05, 0) is 27.4 Å². The van der Waals surface area contributed by atoms with Crippen molar-refractivity contribution in [2.75, 3.05) is 0 Å². The first kappa shape index (κ1) is 10.2. The SMILES string of the molecule is CC1(C)C(C(=O)O)C1c1cc(Br)cs1. The molecule has 4 heteroatoms. The van der Waals surface area contributed by atoms with E-state index in [9.17, 15) is 4.79 Å². The van der Waals surface area contributed by atoms with E-state index in [2.05, 4.69) is 15.9 Å². The van der Waals surface area contributed by atoms with Crippen LogP contribution in [0.15, 0.2) is 15.9 Å². The highest BCUT2D eigenvalue weighted by Gasteiger charge is 2.63. The zero-order valence-electron chi connectivity index (χ0n) is 7.95. The van der Waals surface area contributed by atoms with Gasteiger partial charge in [-0.2, -0.15) is 0 Å². The van der Waals surface area contributed by atoms with Gasteiger partial charge < -0.3 is 5.11 Å². The minimum atomic E-state index is -0.676. The zero-order chi connectivity index (χ0) is 10.5. The highest BCUT2D eigenvalue weighted by atomic mass is 79.9. The fourth-order valence-electron chi connectivity index (χ4n) is 2.12. The van der Waals surface area contributed by atoms with E-state index < -0.39 is 5.97 Å². The van der Waals surface area contributed by atoms with E-state index in [-0.39, 0.29) is 17.3 Å². The number of carboxylic acid groups (broad SMARTS) is 1. The van der Waals surface area contributed by atoms with E-state index in [1.165, 1.54) is 4.88 Å². The maximum atomic E-state index is 11.0. The largest absolute Gasteiger partial charge is 0.481 e. The summed E-state index contributed by atoms with van der Waals surface area (Å²) in [6.45, 7) is 4.04. The number of carboxylic acids is 1. The molecule has 1 saturated carbocycles. The molecule has 2 rings (SSSR count). The summed E-state index contributed by atoms with van der Waals surface area (Å²) in [4.78, 5) is 12.1. The molecule has 0 spiro atoms. The standard InChI is InChI=1S/C10H11BrO2S/c1-10(2)7(8(10)9(12)13)6-3-5(11)4-14-6/h3-4,7-8H,1-2H3,(H,12,13). The van der Waals surface area contributed by atoms with Crippen molar-refractivity contribution in [2.24, 2.45) is 11.3 Å². The van der Waals surface area contributed by atoms with Gasteiger partial charge in [0.05, 0.1) is 5.92 Å². The molecule has 0 bridgehead atoms. The van der Waals surface area contributed by atoms with Crippen molar-refractivity contribution in [3.8, 4) is 0 Å². The lowest BCUT2D eigenvalue weighted by molar-refractivity contribution is -0.139. The van der Waals surface area contributed by atoms with Gasteiger partial charge in [-0.3, -0.25) is 4.79 Å². The highest BCUT2D eigenvalue weighted by molar-refractivity contribution is 9.10. The van der Waals surface area contributed by atoms with Crippen molar-refractivity contribution in [1.29, 1.82) is 0 Å². The Kier molecular flexibility index (Phi) is 2.23. The Morgan fingerprint density at radius 1 is 1.64 bits per heavy atom. The molecule has 76 valence electrons. The van der Waals surface area contributed by atoms with Gasteiger partial charge in [0.15, 0.2) is 0 Å². The van der Waals surface area contributed by atoms with E-state index in [1.54, 1.807) is 11.3 Å². The first-order chi connectivity index (χ1) is 6.44. The van der Waals surface area contributed by atoms with E-state index in [0.29, 0.717) is 0 Å². The fraction of sp³-hybridized carbons (Fsp3) is 0.500. The van der Waals surface area contributed by atoms with Gasteiger partial charge >= 0.3 is 5.97 Å². The molecule has 1 N–H and O–H groups in total. The van der Waals surface area contributed by atoms with E-state index in [0.717, 1.165) is 4.47 Å². The predicted octanol–water partition coefficient (Wildman–Crippen LogP) is 3.33. The van der Waals surface area contributed by atoms with Crippen LogP contribution in [0.5, 0.6) is 0 Å². The third-order valence-corrected chi connectivity index (χ3v) is 4.76. The first-order valence-corrected chi connectivity index (χ1v) is 6.08. The van der Waals surface area contributed by atoms with Crippen LogP contribution in [-0.4, -0.2) is 11.1 Å². The van der Waals surface area contributed by atoms with Gasteiger partial charge in [-0.15, -0.1) is 11.3 Å². The molecular weight excluding hydrogens is 264 g/mol. The zero-order valence-corrected chi connectivity index (χ0v) is 10.4. The molecule has 2 unspecified atom stereocenters. The van der Waals surface area contributed by atoms with Crippen LogP contribution in [0, 0.1) is 11.3 Å². The summed E-state index contributed by atoms with van der Waals surface area (Å²) in [5, 5.41) is 11.0. The van der Waals surface area contributed by atoms with Crippen LogP contribution < -0.4 is 0 Å². The van der Waals surface area contributed by atoms with Crippen LogP contribution >= 0.6 is 27.3 Å². The van der Waals surface area contributed by atoms with Crippen LogP contribution in [0.4, 0.5) is 0 Å². The lowest BCUT2D eigenvalue weighted by atomic mass is 10.1. The molecule has 0 radical (unpaired) electrons. The van der Waals surface area contributed by atoms with Crippen LogP contribution in [0.25, 0.3) is 0 Å². The summed E-state index contributed by atoms with van der Waals surface area (Å²) in [7, 11) is 0. The maximum absolute atomic E-state index is 11.0. The highest BCUT2D eigenvalue weighted by Crippen LogP contribution is 2.65. The molecule has 1 aliphatic carbocycles. The third-order valence-electron chi connectivity index (χ3n) is 2.99. The van der Waals surface area contributed by atoms with Gasteiger partial charge in [0.1, 0.15) is 0 Å².